The second-order valence-corrected chi connectivity index (χ2v) is 9.46. The molecule has 148 valence electrons. The second-order valence-electron chi connectivity index (χ2n) is 7.63. The highest BCUT2D eigenvalue weighted by molar-refractivity contribution is 9.10. The molecule has 0 spiro atoms. The lowest BCUT2D eigenvalue weighted by Gasteiger charge is -2.05. The summed E-state index contributed by atoms with van der Waals surface area (Å²) < 4.78 is 12.6. The quantitative estimate of drug-likeness (QED) is 0.216. The summed E-state index contributed by atoms with van der Waals surface area (Å²) in [5.74, 6) is 0.891. The van der Waals surface area contributed by atoms with Gasteiger partial charge in [0.1, 0.15) is 11.2 Å². The molecule has 0 N–H and O–H groups in total. The molecule has 0 saturated heterocycles. The minimum atomic E-state index is 0.876. The van der Waals surface area contributed by atoms with Crippen LogP contribution in [0, 0.1) is 0 Å². The van der Waals surface area contributed by atoms with Gasteiger partial charge in [-0.05, 0) is 66.7 Å². The molecule has 7 aromatic rings. The van der Waals surface area contributed by atoms with Gasteiger partial charge >= 0.3 is 0 Å². The van der Waals surface area contributed by atoms with E-state index in [4.69, 9.17) is 9.40 Å². The lowest BCUT2D eigenvalue weighted by molar-refractivity contribution is 0.669. The third-order valence-corrected chi connectivity index (χ3v) is 6.82. The Morgan fingerprint density at radius 1 is 0.677 bits per heavy atom. The molecular weight excluding hydrogens is 518 g/mol. The smallest absolute Gasteiger partial charge is 0.220 e. The molecule has 0 bridgehead atoms. The van der Waals surface area contributed by atoms with Crippen molar-refractivity contribution in [2.45, 2.75) is 0 Å². The summed E-state index contributed by atoms with van der Waals surface area (Å²) in [5, 5.41) is 2.18. The fraction of sp³-hybridized carbons (Fsp3) is 0. The number of rotatable bonds is 1. The maximum atomic E-state index is 6.06. The van der Waals surface area contributed by atoms with Crippen molar-refractivity contribution >= 4 is 81.6 Å². The predicted molar refractivity (Wildman–Crippen MR) is 132 cm³/mol. The van der Waals surface area contributed by atoms with Crippen molar-refractivity contribution in [1.29, 1.82) is 0 Å². The average Bonchev–Trinajstić information content (AvgIpc) is 3.41. The third-order valence-electron chi connectivity index (χ3n) is 5.84. The highest BCUT2D eigenvalue weighted by Gasteiger charge is 2.18. The van der Waals surface area contributed by atoms with Gasteiger partial charge < -0.3 is 4.42 Å². The molecule has 4 aromatic carbocycles. The zero-order valence-corrected chi connectivity index (χ0v) is 19.2. The Morgan fingerprint density at radius 2 is 1.42 bits per heavy atom. The molecule has 0 atom stereocenters. The zero-order chi connectivity index (χ0) is 20.7. The van der Waals surface area contributed by atoms with Crippen molar-refractivity contribution in [3.8, 4) is 5.69 Å². The van der Waals surface area contributed by atoms with Gasteiger partial charge in [0.2, 0.25) is 5.78 Å². The summed E-state index contributed by atoms with van der Waals surface area (Å²) in [4.78, 5) is 4.98. The number of hydrogen-bond acceptors (Lipinski definition) is 2. The molecule has 0 fully saturated rings. The SMILES string of the molecule is Brc1ccc2oc3ccc(-n4c5ccc(Br)cc5n5c6ccccc6nc45)cc3c2c1. The number of furan rings is 1. The lowest BCUT2D eigenvalue weighted by Crippen LogP contribution is -1.94. The molecule has 0 aliphatic carbocycles. The summed E-state index contributed by atoms with van der Waals surface area (Å²) in [7, 11) is 0. The normalized spacial score (nSPS) is 12.2. The number of hydrogen-bond donors (Lipinski definition) is 0. The van der Waals surface area contributed by atoms with Gasteiger partial charge in [0, 0.05) is 19.7 Å². The van der Waals surface area contributed by atoms with Crippen LogP contribution < -0.4 is 0 Å². The Balaban J connectivity index is 1.64. The van der Waals surface area contributed by atoms with Gasteiger partial charge in [-0.2, -0.15) is 0 Å². The van der Waals surface area contributed by atoms with Crippen molar-refractivity contribution in [2.24, 2.45) is 0 Å². The number of fused-ring (bicyclic) bond motifs is 8. The third kappa shape index (κ3) is 2.43. The molecular formula is C25H13Br2N3O. The second kappa shape index (κ2) is 6.22. The number of nitrogens with zero attached hydrogens (tertiary/aromatic N) is 3. The first-order valence-electron chi connectivity index (χ1n) is 9.87. The van der Waals surface area contributed by atoms with Crippen LogP contribution in [-0.2, 0) is 0 Å². The van der Waals surface area contributed by atoms with E-state index in [1.807, 2.05) is 24.3 Å². The van der Waals surface area contributed by atoms with Crippen LogP contribution in [0.1, 0.15) is 0 Å². The molecule has 0 amide bonds. The molecule has 3 heterocycles. The largest absolute Gasteiger partial charge is 0.456 e. The van der Waals surface area contributed by atoms with Gasteiger partial charge in [-0.1, -0.05) is 44.0 Å². The van der Waals surface area contributed by atoms with Gasteiger partial charge in [0.05, 0.1) is 27.8 Å². The first kappa shape index (κ1) is 17.6. The van der Waals surface area contributed by atoms with E-state index in [-0.39, 0.29) is 0 Å². The van der Waals surface area contributed by atoms with E-state index >= 15 is 0 Å². The van der Waals surface area contributed by atoms with Crippen LogP contribution in [0.5, 0.6) is 0 Å². The zero-order valence-electron chi connectivity index (χ0n) is 16.0. The highest BCUT2D eigenvalue weighted by Crippen LogP contribution is 2.35. The standard InChI is InChI=1S/C25H13Br2N3O/c26-14-6-9-23-17(11-14)18-13-16(7-10-24(18)31-23)29-21-8-5-15(27)12-22(21)30-20-4-2-1-3-19(20)28-25(29)30/h1-13H. The summed E-state index contributed by atoms with van der Waals surface area (Å²) >= 11 is 7.22. The van der Waals surface area contributed by atoms with E-state index in [0.29, 0.717) is 0 Å². The first-order chi connectivity index (χ1) is 15.2. The molecule has 0 aliphatic rings. The van der Waals surface area contributed by atoms with Crippen molar-refractivity contribution in [2.75, 3.05) is 0 Å². The number of para-hydroxylation sites is 2. The minimum absolute atomic E-state index is 0.876. The first-order valence-corrected chi connectivity index (χ1v) is 11.5. The fourth-order valence-corrected chi connectivity index (χ4v) is 5.21. The number of imidazole rings is 2. The van der Waals surface area contributed by atoms with Gasteiger partial charge in [0.25, 0.3) is 0 Å². The Morgan fingerprint density at radius 3 is 2.32 bits per heavy atom. The molecule has 0 saturated carbocycles. The van der Waals surface area contributed by atoms with Crippen LogP contribution in [-0.4, -0.2) is 14.0 Å². The summed E-state index contributed by atoms with van der Waals surface area (Å²) in [6.07, 6.45) is 0. The van der Waals surface area contributed by atoms with E-state index in [1.165, 1.54) is 0 Å². The average molecular weight is 531 g/mol. The van der Waals surface area contributed by atoms with E-state index in [9.17, 15) is 0 Å². The minimum Gasteiger partial charge on any atom is -0.456 e. The maximum absolute atomic E-state index is 6.06. The lowest BCUT2D eigenvalue weighted by atomic mass is 10.1. The summed E-state index contributed by atoms with van der Waals surface area (Å²) in [5.41, 5.74) is 7.09. The van der Waals surface area contributed by atoms with Gasteiger partial charge in [-0.15, -0.1) is 0 Å². The Bertz CT molecular complexity index is 1820. The monoisotopic (exact) mass is 529 g/mol. The Kier molecular flexibility index (Phi) is 3.52. The Labute approximate surface area is 193 Å². The molecule has 3 aromatic heterocycles. The number of benzene rings is 4. The molecule has 0 radical (unpaired) electrons. The molecule has 7 rings (SSSR count). The van der Waals surface area contributed by atoms with Gasteiger partial charge in [-0.25, -0.2) is 4.98 Å². The van der Waals surface area contributed by atoms with Crippen LogP contribution in [0.3, 0.4) is 0 Å². The van der Waals surface area contributed by atoms with Crippen LogP contribution >= 0.6 is 31.9 Å². The fourth-order valence-electron chi connectivity index (χ4n) is 4.50. The summed E-state index contributed by atoms with van der Waals surface area (Å²) in [6.45, 7) is 0. The van der Waals surface area contributed by atoms with Crippen LogP contribution in [0.15, 0.2) is 92.2 Å². The van der Waals surface area contributed by atoms with Crippen LogP contribution in [0.4, 0.5) is 0 Å². The van der Waals surface area contributed by atoms with Crippen molar-refractivity contribution in [3.63, 3.8) is 0 Å². The maximum Gasteiger partial charge on any atom is 0.220 e. The Hall–Kier alpha value is -3.09. The predicted octanol–water partition coefficient (Wildman–Crippen LogP) is 7.86. The molecule has 4 nitrogen and oxygen atoms in total. The number of aromatic nitrogens is 3. The van der Waals surface area contributed by atoms with Crippen LogP contribution in [0.25, 0.3) is 55.5 Å². The van der Waals surface area contributed by atoms with Crippen molar-refractivity contribution in [1.82, 2.24) is 14.0 Å². The molecule has 0 aliphatic heterocycles. The van der Waals surface area contributed by atoms with Crippen LogP contribution in [0.2, 0.25) is 0 Å². The van der Waals surface area contributed by atoms with E-state index in [1.54, 1.807) is 0 Å². The molecule has 6 heteroatoms. The van der Waals surface area contributed by atoms with E-state index in [2.05, 4.69) is 95.4 Å². The topological polar surface area (TPSA) is 35.4 Å². The molecule has 31 heavy (non-hydrogen) atoms. The van der Waals surface area contributed by atoms with Gasteiger partial charge in [0.15, 0.2) is 0 Å². The molecule has 0 unspecified atom stereocenters. The van der Waals surface area contributed by atoms with Crippen molar-refractivity contribution < 1.29 is 4.42 Å². The highest BCUT2D eigenvalue weighted by atomic mass is 79.9. The van der Waals surface area contributed by atoms with Gasteiger partial charge in [-0.3, -0.25) is 8.97 Å². The van der Waals surface area contributed by atoms with Crippen molar-refractivity contribution in [3.05, 3.63) is 87.8 Å². The summed E-state index contributed by atoms with van der Waals surface area (Å²) in [6, 6.07) is 27.1. The van der Waals surface area contributed by atoms with E-state index in [0.717, 1.165) is 64.4 Å². The van der Waals surface area contributed by atoms with E-state index < -0.39 is 0 Å². The number of halogens is 2.